The second-order valence-corrected chi connectivity index (χ2v) is 6.45. The molecule has 1 aromatic heterocycles. The Morgan fingerprint density at radius 3 is 2.14 bits per heavy atom. The molecule has 0 aliphatic carbocycles. The molecule has 2 N–H and O–H groups in total. The summed E-state index contributed by atoms with van der Waals surface area (Å²) in [6, 6.07) is 18.5. The van der Waals surface area contributed by atoms with E-state index in [0.29, 0.717) is 29.6 Å². The summed E-state index contributed by atoms with van der Waals surface area (Å²) in [6.45, 7) is 5.94. The largest absolute Gasteiger partial charge is 0.327 e. The van der Waals surface area contributed by atoms with Crippen LogP contribution < -0.4 is 15.5 Å². The Labute approximate surface area is 169 Å². The molecule has 0 saturated heterocycles. The molecule has 7 nitrogen and oxygen atoms in total. The standard InChI is InChI=1S/C22H23N5O2/c1-4-27(19-8-6-5-7-9-19)21-14-20(23-15(2)24-21)22(29)26-18-12-10-17(11-13-18)25-16(3)28/h5-14H,4H2,1-3H3,(H,25,28)(H,26,29). The Bertz CT molecular complexity index is 1000. The van der Waals surface area contributed by atoms with Gasteiger partial charge in [0.2, 0.25) is 5.91 Å². The molecule has 3 aromatic rings. The third-order valence-electron chi connectivity index (χ3n) is 4.18. The number of benzene rings is 2. The van der Waals surface area contributed by atoms with E-state index in [4.69, 9.17) is 0 Å². The van der Waals surface area contributed by atoms with Crippen LogP contribution in [0, 0.1) is 6.92 Å². The van der Waals surface area contributed by atoms with Crippen LogP contribution >= 0.6 is 0 Å². The highest BCUT2D eigenvalue weighted by atomic mass is 16.2. The fraction of sp³-hybridized carbons (Fsp3) is 0.182. The Morgan fingerprint density at radius 2 is 1.55 bits per heavy atom. The second kappa shape index (κ2) is 8.97. The summed E-state index contributed by atoms with van der Waals surface area (Å²) in [5, 5.41) is 5.52. The predicted molar refractivity (Wildman–Crippen MR) is 115 cm³/mol. The van der Waals surface area contributed by atoms with Crippen molar-refractivity contribution < 1.29 is 9.59 Å². The van der Waals surface area contributed by atoms with E-state index in [2.05, 4.69) is 20.6 Å². The number of aromatic nitrogens is 2. The van der Waals surface area contributed by atoms with Crippen LogP contribution in [0.1, 0.15) is 30.2 Å². The summed E-state index contributed by atoms with van der Waals surface area (Å²) in [4.78, 5) is 34.7. The lowest BCUT2D eigenvalue weighted by Crippen LogP contribution is -2.21. The minimum Gasteiger partial charge on any atom is -0.327 e. The van der Waals surface area contributed by atoms with Gasteiger partial charge in [-0.05, 0) is 50.2 Å². The van der Waals surface area contributed by atoms with Crippen molar-refractivity contribution in [2.24, 2.45) is 0 Å². The molecule has 0 fully saturated rings. The summed E-state index contributed by atoms with van der Waals surface area (Å²) in [5.74, 6) is 0.707. The smallest absolute Gasteiger partial charge is 0.274 e. The zero-order chi connectivity index (χ0) is 20.8. The molecule has 148 valence electrons. The molecule has 0 unspecified atom stereocenters. The zero-order valence-corrected chi connectivity index (χ0v) is 16.6. The number of para-hydroxylation sites is 1. The third-order valence-corrected chi connectivity index (χ3v) is 4.18. The lowest BCUT2D eigenvalue weighted by Gasteiger charge is -2.22. The highest BCUT2D eigenvalue weighted by Crippen LogP contribution is 2.24. The van der Waals surface area contributed by atoms with Crippen LogP contribution in [0.4, 0.5) is 22.9 Å². The van der Waals surface area contributed by atoms with E-state index in [9.17, 15) is 9.59 Å². The van der Waals surface area contributed by atoms with Crippen molar-refractivity contribution in [3.05, 3.63) is 72.2 Å². The molecule has 2 aromatic carbocycles. The van der Waals surface area contributed by atoms with Gasteiger partial charge in [-0.2, -0.15) is 0 Å². The van der Waals surface area contributed by atoms with Gasteiger partial charge in [0.15, 0.2) is 0 Å². The first kappa shape index (κ1) is 20.0. The van der Waals surface area contributed by atoms with E-state index >= 15 is 0 Å². The third kappa shape index (κ3) is 5.16. The number of hydrogen-bond acceptors (Lipinski definition) is 5. The van der Waals surface area contributed by atoms with Gasteiger partial charge >= 0.3 is 0 Å². The Kier molecular flexibility index (Phi) is 6.19. The molecule has 7 heteroatoms. The molecule has 0 bridgehead atoms. The maximum Gasteiger partial charge on any atom is 0.274 e. The molecular formula is C22H23N5O2. The fourth-order valence-corrected chi connectivity index (χ4v) is 2.93. The highest BCUT2D eigenvalue weighted by Gasteiger charge is 2.15. The molecule has 0 radical (unpaired) electrons. The summed E-state index contributed by atoms with van der Waals surface area (Å²) in [6.07, 6.45) is 0. The number of carbonyl (C=O) groups is 2. The zero-order valence-electron chi connectivity index (χ0n) is 16.6. The Balaban J connectivity index is 1.81. The van der Waals surface area contributed by atoms with Gasteiger partial charge in [0, 0.05) is 36.6 Å². The van der Waals surface area contributed by atoms with E-state index < -0.39 is 0 Å². The summed E-state index contributed by atoms with van der Waals surface area (Å²) in [5.41, 5.74) is 2.55. The van der Waals surface area contributed by atoms with Gasteiger partial charge in [-0.25, -0.2) is 9.97 Å². The molecule has 0 spiro atoms. The van der Waals surface area contributed by atoms with Crippen LogP contribution in [0.15, 0.2) is 60.7 Å². The molecule has 3 rings (SSSR count). The maximum atomic E-state index is 12.7. The van der Waals surface area contributed by atoms with Gasteiger partial charge in [0.05, 0.1) is 0 Å². The molecule has 0 atom stereocenters. The average molecular weight is 389 g/mol. The number of aryl methyl sites for hydroxylation is 1. The normalized spacial score (nSPS) is 10.3. The first-order chi connectivity index (χ1) is 14.0. The van der Waals surface area contributed by atoms with Crippen molar-refractivity contribution in [1.82, 2.24) is 9.97 Å². The Morgan fingerprint density at radius 1 is 0.931 bits per heavy atom. The van der Waals surface area contributed by atoms with E-state index in [0.717, 1.165) is 5.69 Å². The van der Waals surface area contributed by atoms with Gasteiger partial charge in [-0.15, -0.1) is 0 Å². The first-order valence-corrected chi connectivity index (χ1v) is 9.33. The molecule has 1 heterocycles. The fourth-order valence-electron chi connectivity index (χ4n) is 2.93. The lowest BCUT2D eigenvalue weighted by molar-refractivity contribution is -0.114. The van der Waals surface area contributed by atoms with E-state index in [1.54, 1.807) is 37.3 Å². The van der Waals surface area contributed by atoms with Crippen molar-refractivity contribution >= 4 is 34.7 Å². The van der Waals surface area contributed by atoms with Crippen molar-refractivity contribution in [2.45, 2.75) is 20.8 Å². The molecule has 29 heavy (non-hydrogen) atoms. The van der Waals surface area contributed by atoms with E-state index in [-0.39, 0.29) is 17.5 Å². The SMILES string of the molecule is CCN(c1ccccc1)c1cc(C(=O)Nc2ccc(NC(C)=O)cc2)nc(C)n1. The minimum absolute atomic E-state index is 0.148. The first-order valence-electron chi connectivity index (χ1n) is 9.33. The monoisotopic (exact) mass is 389 g/mol. The molecular weight excluding hydrogens is 366 g/mol. The Hall–Kier alpha value is -3.74. The number of rotatable bonds is 6. The minimum atomic E-state index is -0.326. The summed E-state index contributed by atoms with van der Waals surface area (Å²) >= 11 is 0. The number of amides is 2. The van der Waals surface area contributed by atoms with Crippen molar-refractivity contribution in [2.75, 3.05) is 22.1 Å². The van der Waals surface area contributed by atoms with Crippen molar-refractivity contribution in [3.63, 3.8) is 0 Å². The predicted octanol–water partition coefficient (Wildman–Crippen LogP) is 4.15. The van der Waals surface area contributed by atoms with Gasteiger partial charge in [0.25, 0.3) is 5.91 Å². The van der Waals surface area contributed by atoms with Crippen LogP contribution in [-0.4, -0.2) is 28.3 Å². The number of nitrogens with zero attached hydrogens (tertiary/aromatic N) is 3. The molecule has 0 aliphatic heterocycles. The molecule has 2 amide bonds. The number of nitrogens with one attached hydrogen (secondary N) is 2. The second-order valence-electron chi connectivity index (χ2n) is 6.45. The van der Waals surface area contributed by atoms with Gasteiger partial charge in [-0.3, -0.25) is 9.59 Å². The van der Waals surface area contributed by atoms with E-state index in [1.165, 1.54) is 6.92 Å². The summed E-state index contributed by atoms with van der Waals surface area (Å²) < 4.78 is 0. The molecule has 0 aliphatic rings. The van der Waals surface area contributed by atoms with Gasteiger partial charge in [-0.1, -0.05) is 18.2 Å². The van der Waals surface area contributed by atoms with Crippen LogP contribution in [0.25, 0.3) is 0 Å². The highest BCUT2D eigenvalue weighted by molar-refractivity contribution is 6.03. The van der Waals surface area contributed by atoms with Crippen molar-refractivity contribution in [3.8, 4) is 0 Å². The summed E-state index contributed by atoms with van der Waals surface area (Å²) in [7, 11) is 0. The average Bonchev–Trinajstić information content (AvgIpc) is 2.70. The quantitative estimate of drug-likeness (QED) is 0.661. The van der Waals surface area contributed by atoms with Gasteiger partial charge < -0.3 is 15.5 Å². The number of hydrogen-bond donors (Lipinski definition) is 2. The molecule has 0 saturated carbocycles. The van der Waals surface area contributed by atoms with E-state index in [1.807, 2.05) is 42.2 Å². The van der Waals surface area contributed by atoms with Crippen LogP contribution in [-0.2, 0) is 4.79 Å². The van der Waals surface area contributed by atoms with Crippen LogP contribution in [0.3, 0.4) is 0 Å². The van der Waals surface area contributed by atoms with Crippen LogP contribution in [0.2, 0.25) is 0 Å². The topological polar surface area (TPSA) is 87.2 Å². The van der Waals surface area contributed by atoms with Gasteiger partial charge in [0.1, 0.15) is 17.3 Å². The van der Waals surface area contributed by atoms with Crippen molar-refractivity contribution in [1.29, 1.82) is 0 Å². The van der Waals surface area contributed by atoms with Crippen LogP contribution in [0.5, 0.6) is 0 Å². The lowest BCUT2D eigenvalue weighted by atomic mass is 10.2. The number of carbonyl (C=O) groups excluding carboxylic acids is 2. The number of anilines is 4. The maximum absolute atomic E-state index is 12.7.